The van der Waals surface area contributed by atoms with Gasteiger partial charge in [0.1, 0.15) is 5.75 Å². The first-order chi connectivity index (χ1) is 10.7. The second-order valence-corrected chi connectivity index (χ2v) is 4.78. The number of pyridine rings is 1. The van der Waals surface area contributed by atoms with E-state index in [4.69, 9.17) is 9.47 Å². The first-order valence-corrected chi connectivity index (χ1v) is 7.27. The molecule has 0 amide bonds. The Labute approximate surface area is 129 Å². The van der Waals surface area contributed by atoms with Gasteiger partial charge >= 0.3 is 0 Å². The molecule has 118 valence electrons. The van der Waals surface area contributed by atoms with Crippen LogP contribution in [0.3, 0.4) is 0 Å². The molecule has 1 heterocycles. The molecule has 0 radical (unpaired) electrons. The molecular formula is C17H21NO4. The van der Waals surface area contributed by atoms with Crippen LogP contribution < -0.4 is 10.3 Å². The maximum absolute atomic E-state index is 12.5. The van der Waals surface area contributed by atoms with E-state index in [0.29, 0.717) is 25.3 Å². The molecule has 0 bridgehead atoms. The van der Waals surface area contributed by atoms with Crippen molar-refractivity contribution in [2.24, 2.45) is 0 Å². The fourth-order valence-corrected chi connectivity index (χ4v) is 2.34. The SMILES string of the molecule is CCOc1ccccc1-c1ccc(CO)c(=O)n1CCOC. The summed E-state index contributed by atoms with van der Waals surface area (Å²) < 4.78 is 12.4. The monoisotopic (exact) mass is 303 g/mol. The van der Waals surface area contributed by atoms with Gasteiger partial charge in [-0.25, -0.2) is 0 Å². The summed E-state index contributed by atoms with van der Waals surface area (Å²) in [6.07, 6.45) is 0. The standard InChI is InChI=1S/C17H21NO4/c1-3-22-16-7-5-4-6-14(16)15-9-8-13(12-19)17(20)18(15)10-11-21-2/h4-9,19H,3,10-12H2,1-2H3. The zero-order valence-electron chi connectivity index (χ0n) is 12.9. The van der Waals surface area contributed by atoms with Crippen molar-refractivity contribution in [1.82, 2.24) is 4.57 Å². The van der Waals surface area contributed by atoms with Crippen LogP contribution in [-0.4, -0.2) is 30.0 Å². The quantitative estimate of drug-likeness (QED) is 0.850. The molecule has 1 N–H and O–H groups in total. The summed E-state index contributed by atoms with van der Waals surface area (Å²) in [4.78, 5) is 12.5. The normalized spacial score (nSPS) is 10.7. The Morgan fingerprint density at radius 1 is 1.18 bits per heavy atom. The molecule has 0 saturated carbocycles. The number of benzene rings is 1. The Kier molecular flexibility index (Phi) is 5.75. The fourth-order valence-electron chi connectivity index (χ4n) is 2.34. The topological polar surface area (TPSA) is 60.7 Å². The van der Waals surface area contributed by atoms with Crippen LogP contribution in [0.4, 0.5) is 0 Å². The van der Waals surface area contributed by atoms with Crippen LogP contribution in [0, 0.1) is 0 Å². The van der Waals surface area contributed by atoms with Gasteiger partial charge in [-0.1, -0.05) is 12.1 Å². The van der Waals surface area contributed by atoms with Crippen LogP contribution >= 0.6 is 0 Å². The third-order valence-electron chi connectivity index (χ3n) is 3.41. The molecule has 0 spiro atoms. The summed E-state index contributed by atoms with van der Waals surface area (Å²) >= 11 is 0. The molecule has 0 fully saturated rings. The van der Waals surface area contributed by atoms with Gasteiger partial charge in [-0.15, -0.1) is 0 Å². The largest absolute Gasteiger partial charge is 0.493 e. The number of para-hydroxylation sites is 1. The molecular weight excluding hydrogens is 282 g/mol. The number of hydrogen-bond acceptors (Lipinski definition) is 4. The number of aliphatic hydroxyl groups excluding tert-OH is 1. The Balaban J connectivity index is 2.59. The lowest BCUT2D eigenvalue weighted by Gasteiger charge is -2.16. The molecule has 0 aliphatic heterocycles. The number of aromatic nitrogens is 1. The lowest BCUT2D eigenvalue weighted by molar-refractivity contribution is 0.186. The molecule has 22 heavy (non-hydrogen) atoms. The molecule has 0 atom stereocenters. The van der Waals surface area contributed by atoms with Crippen LogP contribution in [-0.2, 0) is 17.9 Å². The number of nitrogens with zero attached hydrogens (tertiary/aromatic N) is 1. The second kappa shape index (κ2) is 7.77. The fraction of sp³-hybridized carbons (Fsp3) is 0.353. The van der Waals surface area contributed by atoms with Gasteiger partial charge in [0.2, 0.25) is 0 Å². The van der Waals surface area contributed by atoms with E-state index in [1.54, 1.807) is 17.7 Å². The number of methoxy groups -OCH3 is 1. The van der Waals surface area contributed by atoms with Crippen molar-refractivity contribution in [2.45, 2.75) is 20.1 Å². The average molecular weight is 303 g/mol. The van der Waals surface area contributed by atoms with Crippen LogP contribution in [0.1, 0.15) is 12.5 Å². The van der Waals surface area contributed by atoms with Crippen LogP contribution in [0.5, 0.6) is 5.75 Å². The zero-order valence-corrected chi connectivity index (χ0v) is 12.9. The lowest BCUT2D eigenvalue weighted by atomic mass is 10.1. The lowest BCUT2D eigenvalue weighted by Crippen LogP contribution is -2.26. The van der Waals surface area contributed by atoms with Crippen molar-refractivity contribution < 1.29 is 14.6 Å². The molecule has 2 aromatic rings. The summed E-state index contributed by atoms with van der Waals surface area (Å²) in [7, 11) is 1.59. The highest BCUT2D eigenvalue weighted by molar-refractivity contribution is 5.67. The average Bonchev–Trinajstić information content (AvgIpc) is 2.54. The maximum Gasteiger partial charge on any atom is 0.256 e. The smallest absolute Gasteiger partial charge is 0.256 e. The van der Waals surface area contributed by atoms with Gasteiger partial charge in [0.05, 0.1) is 25.5 Å². The van der Waals surface area contributed by atoms with E-state index in [1.165, 1.54) is 0 Å². The predicted octanol–water partition coefficient (Wildman–Crippen LogP) is 2.05. The summed E-state index contributed by atoms with van der Waals surface area (Å²) in [5.74, 6) is 0.729. The van der Waals surface area contributed by atoms with Crippen LogP contribution in [0.15, 0.2) is 41.2 Å². The molecule has 5 nitrogen and oxygen atoms in total. The van der Waals surface area contributed by atoms with Gasteiger partial charge in [0, 0.05) is 24.8 Å². The third kappa shape index (κ3) is 3.37. The number of hydrogen-bond donors (Lipinski definition) is 1. The zero-order chi connectivity index (χ0) is 15.9. The molecule has 2 rings (SSSR count). The predicted molar refractivity (Wildman–Crippen MR) is 85.1 cm³/mol. The van der Waals surface area contributed by atoms with E-state index in [9.17, 15) is 9.90 Å². The molecule has 5 heteroatoms. The molecule has 1 aromatic heterocycles. The molecule has 0 saturated heterocycles. The van der Waals surface area contributed by atoms with E-state index in [1.807, 2.05) is 37.3 Å². The van der Waals surface area contributed by atoms with Crippen molar-refractivity contribution in [2.75, 3.05) is 20.3 Å². The minimum absolute atomic E-state index is 0.205. The van der Waals surface area contributed by atoms with Crippen LogP contribution in [0.2, 0.25) is 0 Å². The summed E-state index contributed by atoms with van der Waals surface area (Å²) in [6, 6.07) is 11.1. The molecule has 0 aliphatic carbocycles. The number of aliphatic hydroxyl groups is 1. The van der Waals surface area contributed by atoms with Gasteiger partial charge in [-0.05, 0) is 31.2 Å². The van der Waals surface area contributed by atoms with E-state index in [2.05, 4.69) is 0 Å². The van der Waals surface area contributed by atoms with Crippen molar-refractivity contribution >= 4 is 0 Å². The first-order valence-electron chi connectivity index (χ1n) is 7.27. The van der Waals surface area contributed by atoms with Crippen molar-refractivity contribution in [1.29, 1.82) is 0 Å². The van der Waals surface area contributed by atoms with Crippen molar-refractivity contribution in [3.05, 3.63) is 52.3 Å². The Morgan fingerprint density at radius 3 is 2.64 bits per heavy atom. The minimum Gasteiger partial charge on any atom is -0.493 e. The minimum atomic E-state index is -0.279. The summed E-state index contributed by atoms with van der Waals surface area (Å²) in [6.45, 7) is 3.02. The second-order valence-electron chi connectivity index (χ2n) is 4.78. The first kappa shape index (κ1) is 16.3. The maximum atomic E-state index is 12.5. The van der Waals surface area contributed by atoms with E-state index >= 15 is 0 Å². The Morgan fingerprint density at radius 2 is 1.95 bits per heavy atom. The Bertz CT molecular complexity index is 679. The van der Waals surface area contributed by atoms with E-state index in [-0.39, 0.29) is 12.2 Å². The van der Waals surface area contributed by atoms with Gasteiger partial charge < -0.3 is 19.1 Å². The number of rotatable bonds is 7. The highest BCUT2D eigenvalue weighted by atomic mass is 16.5. The molecule has 1 aromatic carbocycles. The Hall–Kier alpha value is -2.11. The van der Waals surface area contributed by atoms with Gasteiger partial charge in [0.15, 0.2) is 0 Å². The van der Waals surface area contributed by atoms with Gasteiger partial charge in [-0.3, -0.25) is 4.79 Å². The molecule has 0 aliphatic rings. The van der Waals surface area contributed by atoms with Gasteiger partial charge in [-0.2, -0.15) is 0 Å². The summed E-state index contributed by atoms with van der Waals surface area (Å²) in [5.41, 5.74) is 1.77. The third-order valence-corrected chi connectivity index (χ3v) is 3.41. The van der Waals surface area contributed by atoms with Gasteiger partial charge in [0.25, 0.3) is 5.56 Å². The highest BCUT2D eigenvalue weighted by Crippen LogP contribution is 2.29. The van der Waals surface area contributed by atoms with Crippen molar-refractivity contribution in [3.8, 4) is 17.0 Å². The highest BCUT2D eigenvalue weighted by Gasteiger charge is 2.13. The van der Waals surface area contributed by atoms with E-state index in [0.717, 1.165) is 17.0 Å². The molecule has 0 unspecified atom stereocenters. The van der Waals surface area contributed by atoms with Crippen molar-refractivity contribution in [3.63, 3.8) is 0 Å². The van der Waals surface area contributed by atoms with E-state index < -0.39 is 0 Å². The van der Waals surface area contributed by atoms with Crippen LogP contribution in [0.25, 0.3) is 11.3 Å². The summed E-state index contributed by atoms with van der Waals surface area (Å²) in [5, 5.41) is 9.30. The number of ether oxygens (including phenoxy) is 2.